The number of rotatable bonds is 5. The van der Waals surface area contributed by atoms with Crippen molar-refractivity contribution in [3.8, 4) is 11.1 Å². The van der Waals surface area contributed by atoms with Crippen LogP contribution in [0.3, 0.4) is 0 Å². The summed E-state index contributed by atoms with van der Waals surface area (Å²) in [7, 11) is -3.60. The molecule has 1 aliphatic rings. The molecule has 0 saturated carbocycles. The standard InChI is InChI=1S/C25H21ClF3N3O4S/c1-37(35,36)22-5-3-2-4-18(22)15-6-11-20(19(27)12-15)31-23(33)21-13-25(28,29)14-32(21)24(34)30-17-9-7-16(26)8-10-17/h2-12,21H,13-14H2,1H3,(H,30,34)(H,31,33). The fourth-order valence-electron chi connectivity index (χ4n) is 4.02. The summed E-state index contributed by atoms with van der Waals surface area (Å²) >= 11 is 5.81. The van der Waals surface area contributed by atoms with Gasteiger partial charge in [0.05, 0.1) is 17.1 Å². The van der Waals surface area contributed by atoms with Gasteiger partial charge in [-0.25, -0.2) is 26.4 Å². The van der Waals surface area contributed by atoms with Crippen LogP contribution in [-0.2, 0) is 14.6 Å². The van der Waals surface area contributed by atoms with Crippen molar-refractivity contribution in [2.45, 2.75) is 23.3 Å². The number of carbonyl (C=O) groups excluding carboxylic acids is 2. The maximum atomic E-state index is 14.9. The largest absolute Gasteiger partial charge is 0.322 e. The lowest BCUT2D eigenvalue weighted by Crippen LogP contribution is -2.45. The third-order valence-corrected chi connectivity index (χ3v) is 7.16. The molecule has 7 nitrogen and oxygen atoms in total. The molecular formula is C25H21ClF3N3O4S. The van der Waals surface area contributed by atoms with E-state index in [0.717, 1.165) is 12.3 Å². The Hall–Kier alpha value is -3.57. The molecule has 37 heavy (non-hydrogen) atoms. The molecule has 0 bridgehead atoms. The number of benzene rings is 3. The van der Waals surface area contributed by atoms with Gasteiger partial charge in [0.2, 0.25) is 5.91 Å². The van der Waals surface area contributed by atoms with Crippen LogP contribution in [0.25, 0.3) is 11.1 Å². The first-order valence-corrected chi connectivity index (χ1v) is 13.2. The number of anilines is 2. The summed E-state index contributed by atoms with van der Waals surface area (Å²) in [4.78, 5) is 26.3. The number of likely N-dealkylation sites (tertiary alicyclic amines) is 1. The Labute approximate surface area is 216 Å². The topological polar surface area (TPSA) is 95.6 Å². The lowest BCUT2D eigenvalue weighted by atomic mass is 10.0. The van der Waals surface area contributed by atoms with Crippen molar-refractivity contribution in [2.75, 3.05) is 23.4 Å². The quantitative estimate of drug-likeness (QED) is 0.442. The van der Waals surface area contributed by atoms with Crippen molar-refractivity contribution in [1.29, 1.82) is 0 Å². The normalized spacial score (nSPS) is 16.9. The molecule has 0 aliphatic carbocycles. The van der Waals surface area contributed by atoms with E-state index in [2.05, 4.69) is 10.6 Å². The summed E-state index contributed by atoms with van der Waals surface area (Å²) in [6.07, 6.45) is 0.0946. The van der Waals surface area contributed by atoms with Crippen LogP contribution in [0.5, 0.6) is 0 Å². The van der Waals surface area contributed by atoms with Gasteiger partial charge in [-0.3, -0.25) is 4.79 Å². The number of hydrogen-bond donors (Lipinski definition) is 2. The van der Waals surface area contributed by atoms with E-state index in [1.165, 1.54) is 54.6 Å². The zero-order valence-electron chi connectivity index (χ0n) is 19.3. The molecule has 0 radical (unpaired) electrons. The number of carbonyl (C=O) groups is 2. The second-order valence-corrected chi connectivity index (χ2v) is 11.0. The summed E-state index contributed by atoms with van der Waals surface area (Å²) in [5.74, 6) is -5.22. The van der Waals surface area contributed by atoms with Crippen molar-refractivity contribution < 1.29 is 31.2 Å². The SMILES string of the molecule is CS(=O)(=O)c1ccccc1-c1ccc(NC(=O)C2CC(F)(F)CN2C(=O)Nc2ccc(Cl)cc2)c(F)c1. The minimum Gasteiger partial charge on any atom is -0.322 e. The predicted octanol–water partition coefficient (Wildman–Crippen LogP) is 5.43. The molecular weight excluding hydrogens is 531 g/mol. The molecule has 3 amide bonds. The lowest BCUT2D eigenvalue weighted by molar-refractivity contribution is -0.119. The number of nitrogens with zero attached hydrogens (tertiary/aromatic N) is 1. The van der Waals surface area contributed by atoms with Gasteiger partial charge in [0.15, 0.2) is 9.84 Å². The Morgan fingerprint density at radius 2 is 1.70 bits per heavy atom. The molecule has 2 N–H and O–H groups in total. The van der Waals surface area contributed by atoms with E-state index in [-0.39, 0.29) is 21.7 Å². The van der Waals surface area contributed by atoms with Crippen molar-refractivity contribution >= 4 is 44.8 Å². The first-order chi connectivity index (χ1) is 17.3. The molecule has 1 heterocycles. The molecule has 0 aromatic heterocycles. The molecule has 0 spiro atoms. The molecule has 1 aliphatic heterocycles. The molecule has 1 fully saturated rings. The zero-order chi connectivity index (χ0) is 27.0. The number of alkyl halides is 2. The Morgan fingerprint density at radius 3 is 2.35 bits per heavy atom. The van der Waals surface area contributed by atoms with Crippen molar-refractivity contribution in [2.24, 2.45) is 0 Å². The third kappa shape index (κ3) is 6.05. The van der Waals surface area contributed by atoms with E-state index < -0.39 is 52.5 Å². The lowest BCUT2D eigenvalue weighted by Gasteiger charge is -2.23. The molecule has 1 atom stereocenters. The summed E-state index contributed by atoms with van der Waals surface area (Å²) in [6, 6.07) is 13.1. The highest BCUT2D eigenvalue weighted by Crippen LogP contribution is 2.34. The highest BCUT2D eigenvalue weighted by molar-refractivity contribution is 7.90. The van der Waals surface area contributed by atoms with Gasteiger partial charge < -0.3 is 15.5 Å². The van der Waals surface area contributed by atoms with Gasteiger partial charge in [0.25, 0.3) is 5.92 Å². The van der Waals surface area contributed by atoms with E-state index in [1.54, 1.807) is 6.07 Å². The van der Waals surface area contributed by atoms with Gasteiger partial charge in [-0.05, 0) is 48.0 Å². The summed E-state index contributed by atoms with van der Waals surface area (Å²) in [5, 5.41) is 5.12. The Balaban J connectivity index is 1.54. The van der Waals surface area contributed by atoms with Gasteiger partial charge in [-0.2, -0.15) is 0 Å². The van der Waals surface area contributed by atoms with Gasteiger partial charge in [0.1, 0.15) is 11.9 Å². The maximum absolute atomic E-state index is 14.9. The average molecular weight is 552 g/mol. The van der Waals surface area contributed by atoms with Crippen LogP contribution in [0.15, 0.2) is 71.6 Å². The minimum atomic E-state index is -3.60. The molecule has 1 saturated heterocycles. The second kappa shape index (κ2) is 10.1. The summed E-state index contributed by atoms with van der Waals surface area (Å²) in [5.41, 5.74) is 0.494. The molecule has 12 heteroatoms. The molecule has 4 rings (SSSR count). The van der Waals surface area contributed by atoms with E-state index in [0.29, 0.717) is 15.6 Å². The fourth-order valence-corrected chi connectivity index (χ4v) is 5.06. The Bertz CT molecular complexity index is 1470. The van der Waals surface area contributed by atoms with Crippen molar-refractivity contribution in [3.63, 3.8) is 0 Å². The van der Waals surface area contributed by atoms with Crippen LogP contribution in [0, 0.1) is 5.82 Å². The second-order valence-electron chi connectivity index (χ2n) is 8.59. The van der Waals surface area contributed by atoms with Crippen LogP contribution >= 0.6 is 11.6 Å². The fraction of sp³-hybridized carbons (Fsp3) is 0.200. The third-order valence-electron chi connectivity index (χ3n) is 5.75. The minimum absolute atomic E-state index is 0.00159. The van der Waals surface area contributed by atoms with Crippen molar-refractivity contribution in [3.05, 3.63) is 77.6 Å². The zero-order valence-corrected chi connectivity index (χ0v) is 20.9. The van der Waals surface area contributed by atoms with Crippen LogP contribution in [0.1, 0.15) is 6.42 Å². The maximum Gasteiger partial charge on any atom is 0.322 e. The number of amides is 3. The smallest absolute Gasteiger partial charge is 0.322 e. The van der Waals surface area contributed by atoms with Crippen LogP contribution in [0.2, 0.25) is 5.02 Å². The van der Waals surface area contributed by atoms with Gasteiger partial charge >= 0.3 is 6.03 Å². The van der Waals surface area contributed by atoms with Gasteiger partial charge in [-0.1, -0.05) is 35.9 Å². The van der Waals surface area contributed by atoms with E-state index in [4.69, 9.17) is 11.6 Å². The first kappa shape index (κ1) is 26.5. The number of hydrogen-bond acceptors (Lipinski definition) is 4. The van der Waals surface area contributed by atoms with E-state index in [9.17, 15) is 31.2 Å². The van der Waals surface area contributed by atoms with E-state index in [1.807, 2.05) is 0 Å². The van der Waals surface area contributed by atoms with E-state index >= 15 is 0 Å². The predicted molar refractivity (Wildman–Crippen MR) is 134 cm³/mol. The van der Waals surface area contributed by atoms with Crippen molar-refractivity contribution in [1.82, 2.24) is 4.90 Å². The number of sulfone groups is 1. The number of nitrogens with one attached hydrogen (secondary N) is 2. The molecule has 3 aromatic carbocycles. The van der Waals surface area contributed by atoms with Crippen LogP contribution in [0.4, 0.5) is 29.3 Å². The number of urea groups is 1. The highest BCUT2D eigenvalue weighted by atomic mass is 35.5. The summed E-state index contributed by atoms with van der Waals surface area (Å²) in [6.45, 7) is -0.992. The van der Waals surface area contributed by atoms with Gasteiger partial charge in [-0.15, -0.1) is 0 Å². The molecule has 3 aromatic rings. The monoisotopic (exact) mass is 551 g/mol. The van der Waals surface area contributed by atoms with Gasteiger partial charge in [0, 0.05) is 29.0 Å². The first-order valence-electron chi connectivity index (χ1n) is 10.9. The number of halogens is 4. The molecule has 1 unspecified atom stereocenters. The highest BCUT2D eigenvalue weighted by Gasteiger charge is 2.50. The van der Waals surface area contributed by atoms with Crippen LogP contribution < -0.4 is 10.6 Å². The Kier molecular flexibility index (Phi) is 7.20. The Morgan fingerprint density at radius 1 is 1.03 bits per heavy atom. The average Bonchev–Trinajstić information content (AvgIpc) is 3.17. The molecule has 194 valence electrons. The van der Waals surface area contributed by atoms with Crippen LogP contribution in [-0.4, -0.2) is 50.0 Å². The summed E-state index contributed by atoms with van der Waals surface area (Å²) < 4.78 is 67.5.